The molecule has 0 aliphatic carbocycles. The van der Waals surface area contributed by atoms with E-state index in [-0.39, 0.29) is 5.92 Å². The average Bonchev–Trinajstić information content (AvgIpc) is 2.35. The van der Waals surface area contributed by atoms with Crippen LogP contribution in [0.1, 0.15) is 31.0 Å². The molecule has 0 aliphatic rings. The lowest BCUT2D eigenvalue weighted by molar-refractivity contribution is -0.140. The second-order valence-electron chi connectivity index (χ2n) is 3.61. The van der Waals surface area contributed by atoms with Crippen molar-refractivity contribution in [3.63, 3.8) is 0 Å². The average molecular weight is 261 g/mol. The van der Waals surface area contributed by atoms with Crippen LogP contribution in [0.4, 0.5) is 0 Å². The first kappa shape index (κ1) is 11.2. The van der Waals surface area contributed by atoms with Crippen molar-refractivity contribution in [3.8, 4) is 0 Å². The van der Waals surface area contributed by atoms with Crippen LogP contribution in [-0.4, -0.2) is 21.3 Å². The summed E-state index contributed by atoms with van der Waals surface area (Å²) < 4.78 is 0.680. The quantitative estimate of drug-likeness (QED) is 0.877. The maximum atomic E-state index is 11.0. The van der Waals surface area contributed by atoms with Crippen molar-refractivity contribution in [3.05, 3.63) is 15.9 Å². The van der Waals surface area contributed by atoms with Crippen molar-refractivity contribution in [2.75, 3.05) is 0 Å². The molecule has 1 atom stereocenters. The zero-order chi connectivity index (χ0) is 10.9. The van der Waals surface area contributed by atoms with Crippen LogP contribution >= 0.6 is 15.9 Å². The number of rotatable bonds is 3. The molecule has 0 aromatic carbocycles. The number of carbonyl (C=O) groups is 1. The van der Waals surface area contributed by atoms with E-state index in [0.29, 0.717) is 10.3 Å². The van der Waals surface area contributed by atoms with Crippen LogP contribution in [0, 0.1) is 12.8 Å². The number of nitrogens with zero attached hydrogens (tertiary/aromatic N) is 1. The fraction of sp³-hybridized carbons (Fsp3) is 0.556. The number of H-pyrrole nitrogens is 1. The molecule has 78 valence electrons. The molecule has 1 heterocycles. The van der Waals surface area contributed by atoms with Gasteiger partial charge in [-0.25, -0.2) is 0 Å². The van der Waals surface area contributed by atoms with E-state index in [1.807, 2.05) is 20.8 Å². The lowest BCUT2D eigenvalue weighted by Crippen LogP contribution is -2.18. The number of aromatic amines is 1. The van der Waals surface area contributed by atoms with E-state index in [2.05, 4.69) is 26.1 Å². The van der Waals surface area contributed by atoms with Gasteiger partial charge in [0.2, 0.25) is 0 Å². The molecule has 0 aliphatic heterocycles. The molecular weight excluding hydrogens is 248 g/mol. The van der Waals surface area contributed by atoms with Crippen LogP contribution in [0.2, 0.25) is 0 Å². The normalized spacial score (nSPS) is 13.2. The van der Waals surface area contributed by atoms with E-state index in [1.54, 1.807) is 0 Å². The van der Waals surface area contributed by atoms with Crippen LogP contribution in [0.5, 0.6) is 0 Å². The van der Waals surface area contributed by atoms with Crippen LogP contribution < -0.4 is 0 Å². The Balaban J connectivity index is 3.12. The third kappa shape index (κ3) is 1.97. The molecule has 2 N–H and O–H groups in total. The molecular formula is C9H13BrN2O2. The molecule has 4 nitrogen and oxygen atoms in total. The highest BCUT2D eigenvalue weighted by atomic mass is 79.9. The van der Waals surface area contributed by atoms with E-state index in [1.165, 1.54) is 0 Å². The maximum Gasteiger partial charge on any atom is 0.312 e. The summed E-state index contributed by atoms with van der Waals surface area (Å²) in [6.45, 7) is 5.61. The van der Waals surface area contributed by atoms with Crippen LogP contribution in [-0.2, 0) is 4.79 Å². The molecule has 1 aromatic rings. The minimum atomic E-state index is -0.820. The van der Waals surface area contributed by atoms with Gasteiger partial charge in [0.15, 0.2) is 0 Å². The van der Waals surface area contributed by atoms with E-state index in [9.17, 15) is 4.79 Å². The zero-order valence-electron chi connectivity index (χ0n) is 8.34. The number of hydrogen-bond acceptors (Lipinski definition) is 2. The van der Waals surface area contributed by atoms with Gasteiger partial charge in [0.25, 0.3) is 0 Å². The molecule has 14 heavy (non-hydrogen) atoms. The van der Waals surface area contributed by atoms with E-state index in [4.69, 9.17) is 5.11 Å². The summed E-state index contributed by atoms with van der Waals surface area (Å²) in [6, 6.07) is 0. The van der Waals surface area contributed by atoms with Gasteiger partial charge in [0, 0.05) is 5.56 Å². The molecule has 0 fully saturated rings. The van der Waals surface area contributed by atoms with Crippen LogP contribution in [0.25, 0.3) is 0 Å². The maximum absolute atomic E-state index is 11.0. The minimum Gasteiger partial charge on any atom is -0.481 e. The zero-order valence-corrected chi connectivity index (χ0v) is 9.92. The summed E-state index contributed by atoms with van der Waals surface area (Å²) in [5, 5.41) is 15.8. The third-order valence-electron chi connectivity index (χ3n) is 2.23. The van der Waals surface area contributed by atoms with E-state index in [0.717, 1.165) is 5.56 Å². The number of carboxylic acids is 1. The van der Waals surface area contributed by atoms with Crippen molar-refractivity contribution in [2.24, 2.45) is 5.92 Å². The number of carboxylic acid groups (broad SMARTS) is 1. The molecule has 1 unspecified atom stereocenters. The van der Waals surface area contributed by atoms with Crippen molar-refractivity contribution >= 4 is 21.9 Å². The molecule has 1 aromatic heterocycles. The number of halogens is 1. The third-order valence-corrected chi connectivity index (χ3v) is 3.00. The van der Waals surface area contributed by atoms with Crippen molar-refractivity contribution in [1.82, 2.24) is 10.2 Å². The molecule has 0 bridgehead atoms. The number of aromatic nitrogens is 2. The summed E-state index contributed by atoms with van der Waals surface area (Å²) in [4.78, 5) is 11.0. The van der Waals surface area contributed by atoms with Gasteiger partial charge in [-0.1, -0.05) is 13.8 Å². The Kier molecular flexibility index (Phi) is 3.31. The SMILES string of the molecule is Cc1c(Br)n[nH]c1C(C(=O)O)C(C)C. The molecule has 0 saturated heterocycles. The number of hydrogen-bond donors (Lipinski definition) is 2. The summed E-state index contributed by atoms with van der Waals surface area (Å²) >= 11 is 3.25. The molecule has 0 spiro atoms. The van der Waals surface area contributed by atoms with E-state index < -0.39 is 11.9 Å². The summed E-state index contributed by atoms with van der Waals surface area (Å²) in [5.41, 5.74) is 1.55. The van der Waals surface area contributed by atoms with Gasteiger partial charge in [-0.15, -0.1) is 0 Å². The first-order chi connectivity index (χ1) is 6.45. The number of aliphatic carboxylic acids is 1. The van der Waals surface area contributed by atoms with Gasteiger partial charge in [0.05, 0.1) is 5.69 Å². The summed E-state index contributed by atoms with van der Waals surface area (Å²) in [7, 11) is 0. The molecule has 0 amide bonds. The van der Waals surface area contributed by atoms with Gasteiger partial charge in [0.1, 0.15) is 10.5 Å². The van der Waals surface area contributed by atoms with Crippen LogP contribution in [0.3, 0.4) is 0 Å². The Hall–Kier alpha value is -0.840. The Bertz CT molecular complexity index is 347. The predicted octanol–water partition coefficient (Wildman–Crippen LogP) is 2.30. The second kappa shape index (κ2) is 4.13. The smallest absolute Gasteiger partial charge is 0.312 e. The molecule has 1 rings (SSSR count). The second-order valence-corrected chi connectivity index (χ2v) is 4.36. The largest absolute Gasteiger partial charge is 0.481 e. The van der Waals surface area contributed by atoms with Gasteiger partial charge < -0.3 is 5.11 Å². The Morgan fingerprint density at radius 2 is 2.14 bits per heavy atom. The Labute approximate surface area is 90.8 Å². The fourth-order valence-electron chi connectivity index (χ4n) is 1.43. The highest BCUT2D eigenvalue weighted by Crippen LogP contribution is 2.28. The predicted molar refractivity (Wildman–Crippen MR) is 56.2 cm³/mol. The first-order valence-corrected chi connectivity index (χ1v) is 5.17. The molecule has 0 saturated carbocycles. The highest BCUT2D eigenvalue weighted by Gasteiger charge is 2.27. The monoisotopic (exact) mass is 260 g/mol. The van der Waals surface area contributed by atoms with Crippen molar-refractivity contribution < 1.29 is 9.90 Å². The first-order valence-electron chi connectivity index (χ1n) is 4.38. The fourth-order valence-corrected chi connectivity index (χ4v) is 1.74. The topological polar surface area (TPSA) is 66.0 Å². The van der Waals surface area contributed by atoms with Gasteiger partial charge >= 0.3 is 5.97 Å². The molecule has 5 heteroatoms. The lowest BCUT2D eigenvalue weighted by Gasteiger charge is -2.15. The van der Waals surface area contributed by atoms with Crippen LogP contribution in [0.15, 0.2) is 4.60 Å². The Morgan fingerprint density at radius 1 is 1.57 bits per heavy atom. The lowest BCUT2D eigenvalue weighted by atomic mass is 9.91. The van der Waals surface area contributed by atoms with Gasteiger partial charge in [-0.2, -0.15) is 5.10 Å². The molecule has 0 radical (unpaired) electrons. The summed E-state index contributed by atoms with van der Waals surface area (Å²) in [5.74, 6) is -1.30. The minimum absolute atomic E-state index is 0.0403. The summed E-state index contributed by atoms with van der Waals surface area (Å²) in [6.07, 6.45) is 0. The number of nitrogens with one attached hydrogen (secondary N) is 1. The van der Waals surface area contributed by atoms with E-state index >= 15 is 0 Å². The van der Waals surface area contributed by atoms with Gasteiger partial charge in [-0.05, 0) is 28.8 Å². The van der Waals surface area contributed by atoms with Crippen molar-refractivity contribution in [1.29, 1.82) is 0 Å². The highest BCUT2D eigenvalue weighted by molar-refractivity contribution is 9.10. The van der Waals surface area contributed by atoms with Gasteiger partial charge in [-0.3, -0.25) is 9.89 Å². The standard InChI is InChI=1S/C9H13BrN2O2/c1-4(2)6(9(13)14)7-5(3)8(10)12-11-7/h4,6H,1-3H3,(H,11,12)(H,13,14). The van der Waals surface area contributed by atoms with Crippen molar-refractivity contribution in [2.45, 2.75) is 26.7 Å². The Morgan fingerprint density at radius 3 is 2.43 bits per heavy atom.